The molecule has 1 aliphatic rings. The predicted molar refractivity (Wildman–Crippen MR) is 110 cm³/mol. The fourth-order valence-corrected chi connectivity index (χ4v) is 3.20. The summed E-state index contributed by atoms with van der Waals surface area (Å²) in [6.07, 6.45) is 5.98. The van der Waals surface area contributed by atoms with Crippen molar-refractivity contribution in [1.82, 2.24) is 10.1 Å². The first-order chi connectivity index (χ1) is 13.1. The molecule has 5 heteroatoms. The van der Waals surface area contributed by atoms with Gasteiger partial charge in [0.2, 0.25) is 0 Å². The minimum atomic E-state index is 0.575. The topological polar surface area (TPSA) is 50.9 Å². The van der Waals surface area contributed by atoms with E-state index in [2.05, 4.69) is 58.4 Å². The fraction of sp³-hybridized carbons (Fsp3) is 0.364. The third kappa shape index (κ3) is 4.30. The van der Waals surface area contributed by atoms with Crippen LogP contribution in [0, 0.1) is 0 Å². The number of benzene rings is 1. The van der Waals surface area contributed by atoms with Crippen molar-refractivity contribution in [2.45, 2.75) is 26.7 Å². The van der Waals surface area contributed by atoms with Gasteiger partial charge in [-0.3, -0.25) is 4.99 Å². The lowest BCUT2D eigenvalue weighted by atomic mass is 9.97. The van der Waals surface area contributed by atoms with Gasteiger partial charge in [0.1, 0.15) is 0 Å². The Hall–Kier alpha value is -2.82. The summed E-state index contributed by atoms with van der Waals surface area (Å²) in [7, 11) is 3.84. The van der Waals surface area contributed by atoms with Crippen LogP contribution in [-0.4, -0.2) is 43.1 Å². The smallest absolute Gasteiger partial charge is 0.262 e. The minimum Gasteiger partial charge on any atom is -0.475 e. The highest BCUT2D eigenvalue weighted by Gasteiger charge is 2.14. The molecule has 0 unspecified atom stereocenters. The largest absolute Gasteiger partial charge is 0.475 e. The number of amidine groups is 1. The van der Waals surface area contributed by atoms with Crippen LogP contribution in [0.25, 0.3) is 17.2 Å². The number of nitrogens with zero attached hydrogens (tertiary/aromatic N) is 3. The van der Waals surface area contributed by atoms with E-state index in [1.807, 2.05) is 20.0 Å². The molecule has 0 amide bonds. The molecule has 0 aliphatic heterocycles. The van der Waals surface area contributed by atoms with E-state index in [0.717, 1.165) is 41.4 Å². The molecule has 1 aromatic heterocycles. The number of hydrogen-bond donors (Lipinski definition) is 0. The molecule has 142 valence electrons. The van der Waals surface area contributed by atoms with Gasteiger partial charge in [0.05, 0.1) is 17.7 Å². The highest BCUT2D eigenvalue weighted by atomic mass is 16.5. The van der Waals surface area contributed by atoms with Crippen LogP contribution in [-0.2, 0) is 0 Å². The van der Waals surface area contributed by atoms with Crippen molar-refractivity contribution in [3.05, 3.63) is 52.6 Å². The maximum Gasteiger partial charge on any atom is 0.262 e. The Morgan fingerprint density at radius 3 is 2.78 bits per heavy atom. The summed E-state index contributed by atoms with van der Waals surface area (Å²) in [6.45, 7) is 5.57. The summed E-state index contributed by atoms with van der Waals surface area (Å²) in [5, 5.41) is 5.13. The number of ether oxygens (including phenoxy) is 1. The van der Waals surface area contributed by atoms with Gasteiger partial charge in [0.25, 0.3) is 5.88 Å². The maximum atomic E-state index is 5.98. The van der Waals surface area contributed by atoms with Crippen molar-refractivity contribution >= 4 is 23.1 Å². The van der Waals surface area contributed by atoms with E-state index in [4.69, 9.17) is 9.26 Å². The molecule has 2 aromatic rings. The Morgan fingerprint density at radius 1 is 1.26 bits per heavy atom. The number of rotatable bonds is 6. The third-order valence-corrected chi connectivity index (χ3v) is 4.93. The summed E-state index contributed by atoms with van der Waals surface area (Å²) in [4.78, 5) is 6.31. The molecular weight excluding hydrogens is 338 g/mol. The van der Waals surface area contributed by atoms with Gasteiger partial charge in [0.15, 0.2) is 5.42 Å². The predicted octanol–water partition coefficient (Wildman–Crippen LogP) is 2.86. The van der Waals surface area contributed by atoms with Gasteiger partial charge < -0.3 is 14.2 Å². The highest BCUT2D eigenvalue weighted by Crippen LogP contribution is 2.25. The van der Waals surface area contributed by atoms with E-state index in [9.17, 15) is 0 Å². The number of aromatic nitrogens is 1. The molecule has 3 rings (SSSR count). The second-order valence-electron chi connectivity index (χ2n) is 6.67. The second kappa shape index (κ2) is 8.71. The standard InChI is InChI=1S/C22H27N3O2/c1-16-19(18-10-6-5-7-11-18)12-8-13-20-21(16)22(24-27-20)26-15-9-14-25(4)17(2)23-3/h5-7,10-13H,8-9,14-15H2,1-4H3. The Balaban J connectivity index is 1.79. The third-order valence-electron chi connectivity index (χ3n) is 4.93. The maximum absolute atomic E-state index is 5.98. The van der Waals surface area contributed by atoms with Crippen LogP contribution in [0.15, 0.2) is 45.9 Å². The lowest BCUT2D eigenvalue weighted by Crippen LogP contribution is -2.27. The number of fused-ring (bicyclic) bond motifs is 1. The number of allylic oxidation sites excluding steroid dienone is 2. The first-order valence-corrected chi connectivity index (χ1v) is 9.32. The van der Waals surface area contributed by atoms with Crippen LogP contribution in [0.2, 0.25) is 0 Å². The van der Waals surface area contributed by atoms with Crippen molar-refractivity contribution in [3.63, 3.8) is 0 Å². The van der Waals surface area contributed by atoms with E-state index in [1.165, 1.54) is 11.1 Å². The zero-order chi connectivity index (χ0) is 19.2. The highest BCUT2D eigenvalue weighted by molar-refractivity contribution is 5.97. The zero-order valence-electron chi connectivity index (χ0n) is 16.5. The average Bonchev–Trinajstić information content (AvgIpc) is 3.02. The quantitative estimate of drug-likeness (QED) is 0.449. The second-order valence-corrected chi connectivity index (χ2v) is 6.67. The van der Waals surface area contributed by atoms with E-state index in [0.29, 0.717) is 12.5 Å². The Labute approximate surface area is 160 Å². The van der Waals surface area contributed by atoms with Gasteiger partial charge in [0, 0.05) is 20.6 Å². The van der Waals surface area contributed by atoms with Gasteiger partial charge in [-0.15, -0.1) is 0 Å². The van der Waals surface area contributed by atoms with Gasteiger partial charge in [-0.05, 0) is 54.6 Å². The average molecular weight is 365 g/mol. The lowest BCUT2D eigenvalue weighted by Gasteiger charge is -2.17. The fourth-order valence-electron chi connectivity index (χ4n) is 3.20. The van der Waals surface area contributed by atoms with Gasteiger partial charge in [-0.1, -0.05) is 36.4 Å². The molecule has 0 saturated heterocycles. The molecular formula is C22H27N3O2. The molecule has 1 aliphatic carbocycles. The van der Waals surface area contributed by atoms with E-state index in [-0.39, 0.29) is 0 Å². The van der Waals surface area contributed by atoms with Crippen LogP contribution in [0.5, 0.6) is 5.88 Å². The van der Waals surface area contributed by atoms with Crippen LogP contribution >= 0.6 is 0 Å². The Morgan fingerprint density at radius 2 is 2.04 bits per heavy atom. The van der Waals surface area contributed by atoms with E-state index in [1.54, 1.807) is 7.05 Å². The number of hydrogen-bond acceptors (Lipinski definition) is 4. The first kappa shape index (κ1) is 19.0. The van der Waals surface area contributed by atoms with E-state index >= 15 is 0 Å². The monoisotopic (exact) mass is 365 g/mol. The molecule has 0 bridgehead atoms. The summed E-state index contributed by atoms with van der Waals surface area (Å²) < 4.78 is 11.5. The molecule has 0 N–H and O–H groups in total. The van der Waals surface area contributed by atoms with Crippen LogP contribution < -0.4 is 15.4 Å². The molecule has 0 spiro atoms. The molecule has 1 aromatic carbocycles. The van der Waals surface area contributed by atoms with Crippen molar-refractivity contribution < 1.29 is 9.26 Å². The Kier molecular flexibility index (Phi) is 6.12. The molecule has 1 heterocycles. The Bertz CT molecular complexity index is 955. The minimum absolute atomic E-state index is 0.575. The lowest BCUT2D eigenvalue weighted by molar-refractivity contribution is 0.262. The molecule has 0 radical (unpaired) electrons. The molecule has 27 heavy (non-hydrogen) atoms. The van der Waals surface area contributed by atoms with Crippen molar-refractivity contribution in [3.8, 4) is 5.88 Å². The molecule has 0 atom stereocenters. The number of aliphatic imine (C=N–C) groups is 1. The zero-order valence-corrected chi connectivity index (χ0v) is 16.5. The van der Waals surface area contributed by atoms with E-state index < -0.39 is 0 Å². The summed E-state index contributed by atoms with van der Waals surface area (Å²) in [5.41, 5.74) is 4.32. The summed E-state index contributed by atoms with van der Waals surface area (Å²) in [5.74, 6) is 1.59. The van der Waals surface area contributed by atoms with Crippen LogP contribution in [0.1, 0.15) is 32.3 Å². The van der Waals surface area contributed by atoms with Crippen molar-refractivity contribution in [1.29, 1.82) is 0 Å². The van der Waals surface area contributed by atoms with Gasteiger partial charge in [-0.25, -0.2) is 0 Å². The van der Waals surface area contributed by atoms with Crippen molar-refractivity contribution in [2.75, 3.05) is 27.2 Å². The normalized spacial score (nSPS) is 14.1. The molecule has 0 saturated carbocycles. The molecule has 0 fully saturated rings. The van der Waals surface area contributed by atoms with Crippen molar-refractivity contribution in [2.24, 2.45) is 4.99 Å². The first-order valence-electron chi connectivity index (χ1n) is 9.32. The molecule has 5 nitrogen and oxygen atoms in total. The summed E-state index contributed by atoms with van der Waals surface area (Å²) in [6, 6.07) is 10.4. The van der Waals surface area contributed by atoms with Gasteiger partial charge in [-0.2, -0.15) is 0 Å². The van der Waals surface area contributed by atoms with Crippen LogP contribution in [0.3, 0.4) is 0 Å². The van der Waals surface area contributed by atoms with Crippen LogP contribution in [0.4, 0.5) is 0 Å². The SMILES string of the molecule is CN=C(C)N(C)CCCOc1noc2c1=C(C)C(c1ccccc1)=CCC=2. The summed E-state index contributed by atoms with van der Waals surface area (Å²) >= 11 is 0. The van der Waals surface area contributed by atoms with Gasteiger partial charge >= 0.3 is 0 Å².